The first-order chi connectivity index (χ1) is 8.01. The Balaban J connectivity index is 2.19. The minimum absolute atomic E-state index is 0.223. The standard InChI is InChI=1S/C11H23N3O2S/c1-12-11(14-10-6-3-4-7-10)13-8-5-9-17(2,15)16/h10H,3-9H2,1-2H3,(H2,12,13,14). The number of nitrogens with one attached hydrogen (secondary N) is 2. The fourth-order valence-electron chi connectivity index (χ4n) is 2.00. The Morgan fingerprint density at radius 1 is 1.35 bits per heavy atom. The maximum absolute atomic E-state index is 11.0. The molecule has 0 aromatic carbocycles. The summed E-state index contributed by atoms with van der Waals surface area (Å²) in [4.78, 5) is 4.13. The van der Waals surface area contributed by atoms with Gasteiger partial charge in [-0.2, -0.15) is 0 Å². The molecular weight excluding hydrogens is 238 g/mol. The van der Waals surface area contributed by atoms with E-state index in [1.165, 1.54) is 31.9 Å². The molecule has 0 aliphatic heterocycles. The Hall–Kier alpha value is -0.780. The molecule has 0 spiro atoms. The van der Waals surface area contributed by atoms with Gasteiger partial charge in [0.25, 0.3) is 0 Å². The highest BCUT2D eigenvalue weighted by atomic mass is 32.2. The molecule has 0 radical (unpaired) electrons. The van der Waals surface area contributed by atoms with Gasteiger partial charge in [0, 0.05) is 25.9 Å². The molecule has 1 saturated carbocycles. The third kappa shape index (κ3) is 6.51. The minimum Gasteiger partial charge on any atom is -0.356 e. The summed E-state index contributed by atoms with van der Waals surface area (Å²) in [5.41, 5.74) is 0. The molecule has 6 heteroatoms. The normalized spacial score (nSPS) is 18.4. The van der Waals surface area contributed by atoms with E-state index in [0.717, 1.165) is 5.96 Å². The van der Waals surface area contributed by atoms with Crippen molar-refractivity contribution < 1.29 is 8.42 Å². The number of nitrogens with zero attached hydrogens (tertiary/aromatic N) is 1. The van der Waals surface area contributed by atoms with Gasteiger partial charge in [0.1, 0.15) is 9.84 Å². The molecule has 1 aliphatic carbocycles. The van der Waals surface area contributed by atoms with Gasteiger partial charge in [-0.15, -0.1) is 0 Å². The Morgan fingerprint density at radius 3 is 2.53 bits per heavy atom. The fraction of sp³-hybridized carbons (Fsp3) is 0.909. The lowest BCUT2D eigenvalue weighted by Crippen LogP contribution is -2.42. The zero-order chi connectivity index (χ0) is 12.7. The van der Waals surface area contributed by atoms with E-state index in [1.54, 1.807) is 7.05 Å². The van der Waals surface area contributed by atoms with Gasteiger partial charge in [-0.3, -0.25) is 4.99 Å². The van der Waals surface area contributed by atoms with E-state index in [-0.39, 0.29) is 5.75 Å². The van der Waals surface area contributed by atoms with Crippen LogP contribution in [-0.2, 0) is 9.84 Å². The molecule has 2 N–H and O–H groups in total. The van der Waals surface area contributed by atoms with Crippen LogP contribution < -0.4 is 10.6 Å². The lowest BCUT2D eigenvalue weighted by molar-refractivity contribution is 0.595. The summed E-state index contributed by atoms with van der Waals surface area (Å²) in [7, 11) is -1.11. The van der Waals surface area contributed by atoms with E-state index in [2.05, 4.69) is 15.6 Å². The van der Waals surface area contributed by atoms with E-state index < -0.39 is 9.84 Å². The molecule has 1 aliphatic rings. The first-order valence-corrected chi connectivity index (χ1v) is 8.22. The minimum atomic E-state index is -2.85. The van der Waals surface area contributed by atoms with Crippen LogP contribution in [0.2, 0.25) is 0 Å². The van der Waals surface area contributed by atoms with Gasteiger partial charge in [0.05, 0.1) is 5.75 Å². The average Bonchev–Trinajstić information content (AvgIpc) is 2.73. The lowest BCUT2D eigenvalue weighted by atomic mass is 10.2. The summed E-state index contributed by atoms with van der Waals surface area (Å²) in [5, 5.41) is 6.50. The summed E-state index contributed by atoms with van der Waals surface area (Å²) in [5.74, 6) is 1.01. The van der Waals surface area contributed by atoms with Gasteiger partial charge >= 0.3 is 0 Å². The Bertz CT molecular complexity index is 346. The van der Waals surface area contributed by atoms with Crippen LogP contribution in [0, 0.1) is 0 Å². The second-order valence-electron chi connectivity index (χ2n) is 4.61. The molecule has 0 saturated heterocycles. The van der Waals surface area contributed by atoms with Crippen LogP contribution in [0.4, 0.5) is 0 Å². The number of hydrogen-bond donors (Lipinski definition) is 2. The van der Waals surface area contributed by atoms with Gasteiger partial charge < -0.3 is 10.6 Å². The van der Waals surface area contributed by atoms with Crippen LogP contribution in [0.3, 0.4) is 0 Å². The average molecular weight is 261 g/mol. The second kappa shape index (κ2) is 6.83. The molecule has 0 aromatic rings. The van der Waals surface area contributed by atoms with Crippen LogP contribution in [0.5, 0.6) is 0 Å². The summed E-state index contributed by atoms with van der Waals surface area (Å²) >= 11 is 0. The molecule has 0 atom stereocenters. The Kier molecular flexibility index (Phi) is 5.74. The van der Waals surface area contributed by atoms with E-state index in [4.69, 9.17) is 0 Å². The molecular formula is C11H23N3O2S. The van der Waals surface area contributed by atoms with Crippen LogP contribution in [0.15, 0.2) is 4.99 Å². The molecule has 0 aromatic heterocycles. The number of rotatable bonds is 5. The molecule has 0 amide bonds. The van der Waals surface area contributed by atoms with Crippen LogP contribution >= 0.6 is 0 Å². The van der Waals surface area contributed by atoms with Gasteiger partial charge in [-0.1, -0.05) is 12.8 Å². The zero-order valence-corrected chi connectivity index (χ0v) is 11.5. The Labute approximate surface area is 104 Å². The summed E-state index contributed by atoms with van der Waals surface area (Å²) in [6.07, 6.45) is 6.84. The summed E-state index contributed by atoms with van der Waals surface area (Å²) in [6, 6.07) is 0.524. The first-order valence-electron chi connectivity index (χ1n) is 6.16. The van der Waals surface area contributed by atoms with Crippen molar-refractivity contribution in [1.82, 2.24) is 10.6 Å². The van der Waals surface area contributed by atoms with Crippen molar-refractivity contribution in [2.45, 2.75) is 38.1 Å². The second-order valence-corrected chi connectivity index (χ2v) is 6.87. The predicted octanol–water partition coefficient (Wildman–Crippen LogP) is 0.529. The van der Waals surface area contributed by atoms with Crippen molar-refractivity contribution in [3.63, 3.8) is 0 Å². The molecule has 0 bridgehead atoms. The summed E-state index contributed by atoms with van der Waals surface area (Å²) < 4.78 is 21.9. The highest BCUT2D eigenvalue weighted by Crippen LogP contribution is 2.17. The molecule has 1 fully saturated rings. The van der Waals surface area contributed by atoms with Crippen molar-refractivity contribution in [2.24, 2.45) is 4.99 Å². The van der Waals surface area contributed by atoms with Crippen molar-refractivity contribution in [2.75, 3.05) is 25.6 Å². The molecule has 100 valence electrons. The highest BCUT2D eigenvalue weighted by molar-refractivity contribution is 7.90. The van der Waals surface area contributed by atoms with E-state index in [0.29, 0.717) is 19.0 Å². The van der Waals surface area contributed by atoms with Crippen molar-refractivity contribution in [3.05, 3.63) is 0 Å². The molecule has 0 heterocycles. The highest BCUT2D eigenvalue weighted by Gasteiger charge is 2.15. The largest absolute Gasteiger partial charge is 0.356 e. The topological polar surface area (TPSA) is 70.6 Å². The molecule has 5 nitrogen and oxygen atoms in total. The number of guanidine groups is 1. The first kappa shape index (κ1) is 14.3. The third-order valence-corrected chi connectivity index (χ3v) is 3.93. The number of sulfone groups is 1. The van der Waals surface area contributed by atoms with Crippen LogP contribution in [-0.4, -0.2) is 46.0 Å². The van der Waals surface area contributed by atoms with Crippen molar-refractivity contribution in [1.29, 1.82) is 0 Å². The smallest absolute Gasteiger partial charge is 0.191 e. The predicted molar refractivity (Wildman–Crippen MR) is 71.1 cm³/mol. The van der Waals surface area contributed by atoms with Crippen molar-refractivity contribution >= 4 is 15.8 Å². The number of aliphatic imine (C=N–C) groups is 1. The van der Waals surface area contributed by atoms with Gasteiger partial charge in [-0.05, 0) is 19.3 Å². The molecule has 0 unspecified atom stereocenters. The fourth-order valence-corrected chi connectivity index (χ4v) is 2.67. The Morgan fingerprint density at radius 2 is 2.00 bits per heavy atom. The lowest BCUT2D eigenvalue weighted by Gasteiger charge is -2.16. The van der Waals surface area contributed by atoms with E-state index in [9.17, 15) is 8.42 Å². The van der Waals surface area contributed by atoms with Gasteiger partial charge in [-0.25, -0.2) is 8.42 Å². The van der Waals surface area contributed by atoms with Gasteiger partial charge in [0.2, 0.25) is 0 Å². The quantitative estimate of drug-likeness (QED) is 0.430. The van der Waals surface area contributed by atoms with E-state index in [1.807, 2.05) is 0 Å². The molecule has 17 heavy (non-hydrogen) atoms. The number of hydrogen-bond acceptors (Lipinski definition) is 3. The maximum Gasteiger partial charge on any atom is 0.191 e. The summed E-state index contributed by atoms with van der Waals surface area (Å²) in [6.45, 7) is 0.638. The monoisotopic (exact) mass is 261 g/mol. The SMILES string of the molecule is CN=C(NCCCS(C)(=O)=O)NC1CCCC1. The van der Waals surface area contributed by atoms with Crippen LogP contribution in [0.25, 0.3) is 0 Å². The molecule has 1 rings (SSSR count). The van der Waals surface area contributed by atoms with E-state index >= 15 is 0 Å². The maximum atomic E-state index is 11.0. The van der Waals surface area contributed by atoms with Crippen LogP contribution in [0.1, 0.15) is 32.1 Å². The zero-order valence-electron chi connectivity index (χ0n) is 10.7. The third-order valence-electron chi connectivity index (χ3n) is 2.90. The van der Waals surface area contributed by atoms with Gasteiger partial charge in [0.15, 0.2) is 5.96 Å². The van der Waals surface area contributed by atoms with Crippen molar-refractivity contribution in [3.8, 4) is 0 Å².